The molecule has 2 atom stereocenters. The maximum Gasteiger partial charge on any atom is 0.105 e. The third-order valence-corrected chi connectivity index (χ3v) is 4.68. The third kappa shape index (κ3) is 0.425. The summed E-state index contributed by atoms with van der Waals surface area (Å²) in [4.78, 5) is 4.30. The van der Waals surface area contributed by atoms with Gasteiger partial charge in [-0.15, -0.1) is 0 Å². The summed E-state index contributed by atoms with van der Waals surface area (Å²) in [7, 11) is 0. The van der Waals surface area contributed by atoms with Crippen molar-refractivity contribution in [1.29, 1.82) is 0 Å². The predicted molar refractivity (Wildman–Crippen MR) is 40.7 cm³/mol. The molecule has 0 saturated carbocycles. The van der Waals surface area contributed by atoms with E-state index in [1.807, 2.05) is 11.8 Å². The molecule has 8 heavy (non-hydrogen) atoms. The van der Waals surface area contributed by atoms with Crippen molar-refractivity contribution in [3.05, 3.63) is 0 Å². The minimum atomic E-state index is 0.322. The van der Waals surface area contributed by atoms with Crippen LogP contribution in [0.3, 0.4) is 0 Å². The van der Waals surface area contributed by atoms with Gasteiger partial charge in [-0.3, -0.25) is 4.99 Å². The second-order valence-corrected chi connectivity index (χ2v) is 5.56. The van der Waals surface area contributed by atoms with Crippen LogP contribution in [-0.4, -0.2) is 15.2 Å². The van der Waals surface area contributed by atoms with Crippen molar-refractivity contribution >= 4 is 32.7 Å². The second kappa shape index (κ2) is 1.32. The molecule has 3 heteroatoms. The van der Waals surface area contributed by atoms with Crippen LogP contribution in [0.2, 0.25) is 0 Å². The molecule has 1 unspecified atom stereocenters. The van der Waals surface area contributed by atoms with Gasteiger partial charge < -0.3 is 0 Å². The van der Waals surface area contributed by atoms with Crippen LogP contribution < -0.4 is 0 Å². The summed E-state index contributed by atoms with van der Waals surface area (Å²) in [5.74, 6) is 0.687. The first kappa shape index (κ1) is 5.30. The van der Waals surface area contributed by atoms with E-state index in [9.17, 15) is 0 Å². The lowest BCUT2D eigenvalue weighted by Crippen LogP contribution is -2.37. The molecule has 3 rings (SSSR count). The van der Waals surface area contributed by atoms with Crippen molar-refractivity contribution in [1.82, 2.24) is 0 Å². The average molecular weight is 192 g/mol. The Morgan fingerprint density at radius 3 is 2.88 bits per heavy atom. The highest BCUT2D eigenvalue weighted by Crippen LogP contribution is 2.57. The lowest BCUT2D eigenvalue weighted by atomic mass is 10.1. The van der Waals surface area contributed by atoms with Gasteiger partial charge in [0.2, 0.25) is 0 Å². The highest BCUT2D eigenvalue weighted by molar-refractivity contribution is 9.12. The van der Waals surface area contributed by atoms with Crippen molar-refractivity contribution in [3.8, 4) is 0 Å². The number of rotatable bonds is 0. The number of halogens is 1. The van der Waals surface area contributed by atoms with Crippen molar-refractivity contribution in [2.24, 2.45) is 10.9 Å². The van der Waals surface area contributed by atoms with Crippen LogP contribution in [0.5, 0.6) is 0 Å². The molecular formula is C5H6BrNS. The fourth-order valence-electron chi connectivity index (χ4n) is 1.00. The summed E-state index contributed by atoms with van der Waals surface area (Å²) in [5, 5.41) is 1.34. The Kier molecular flexibility index (Phi) is 0.873. The van der Waals surface area contributed by atoms with Crippen LogP contribution >= 0.6 is 27.7 Å². The maximum absolute atomic E-state index is 4.30. The summed E-state index contributed by atoms with van der Waals surface area (Å²) in [5.41, 5.74) is 0. The first-order valence-corrected chi connectivity index (χ1v) is 4.25. The normalized spacial score (nSPS) is 50.8. The molecule has 1 fully saturated rings. The van der Waals surface area contributed by atoms with Crippen LogP contribution in [0.4, 0.5) is 0 Å². The Morgan fingerprint density at radius 1 is 2.00 bits per heavy atom. The molecule has 0 amide bonds. The number of thioether (sulfide) groups is 1. The summed E-state index contributed by atoms with van der Waals surface area (Å²) in [6, 6.07) is 0. The molecule has 0 radical (unpaired) electrons. The van der Waals surface area contributed by atoms with Gasteiger partial charge in [0.1, 0.15) is 3.66 Å². The molecule has 3 aliphatic heterocycles. The lowest BCUT2D eigenvalue weighted by Gasteiger charge is -2.34. The Labute approximate surface area is 61.1 Å². The van der Waals surface area contributed by atoms with E-state index in [4.69, 9.17) is 0 Å². The molecule has 0 spiro atoms. The minimum absolute atomic E-state index is 0.322. The predicted octanol–water partition coefficient (Wildman–Crippen LogP) is 1.87. The van der Waals surface area contributed by atoms with E-state index < -0.39 is 0 Å². The number of nitrogens with zero attached hydrogens (tertiary/aromatic N) is 1. The van der Waals surface area contributed by atoms with Crippen molar-refractivity contribution in [3.63, 3.8) is 0 Å². The maximum atomic E-state index is 4.30. The van der Waals surface area contributed by atoms with Crippen molar-refractivity contribution in [2.45, 2.75) is 10.6 Å². The number of aliphatic imine (C=N–C) groups is 1. The number of hydrogen-bond donors (Lipinski definition) is 0. The molecule has 1 nitrogen and oxygen atoms in total. The Balaban J connectivity index is 2.34. The third-order valence-electron chi connectivity index (χ3n) is 1.74. The fraction of sp³-hybridized carbons (Fsp3) is 0.800. The standard InChI is InChI=1S/C5H6BrNS/c1-3-4-7-2-5(3,6)8-4/h3H,2H2,1H3/t3-,5?/m0/s1. The molecule has 0 aromatic rings. The highest BCUT2D eigenvalue weighted by atomic mass is 79.9. The Hall–Kier alpha value is 0.500. The molecule has 0 N–H and O–H groups in total. The van der Waals surface area contributed by atoms with Gasteiger partial charge in [0.05, 0.1) is 11.6 Å². The van der Waals surface area contributed by atoms with Gasteiger partial charge in [-0.2, -0.15) is 0 Å². The smallest absolute Gasteiger partial charge is 0.105 e. The number of fused-ring (bicyclic) bond motifs is 1. The van der Waals surface area contributed by atoms with Crippen molar-refractivity contribution in [2.75, 3.05) is 6.54 Å². The molecule has 1 saturated heterocycles. The molecule has 0 aliphatic carbocycles. The van der Waals surface area contributed by atoms with Gasteiger partial charge in [0.25, 0.3) is 0 Å². The first-order chi connectivity index (χ1) is 3.72. The molecule has 0 aromatic carbocycles. The molecule has 3 aliphatic rings. The summed E-state index contributed by atoms with van der Waals surface area (Å²) in [6.45, 7) is 3.20. The largest absolute Gasteiger partial charge is 0.280 e. The van der Waals surface area contributed by atoms with E-state index in [-0.39, 0.29) is 0 Å². The van der Waals surface area contributed by atoms with Gasteiger partial charge in [0.15, 0.2) is 0 Å². The quantitative estimate of drug-likeness (QED) is 0.533. The monoisotopic (exact) mass is 191 g/mol. The first-order valence-electron chi connectivity index (χ1n) is 2.65. The zero-order chi connectivity index (χ0) is 5.78. The lowest BCUT2D eigenvalue weighted by molar-refractivity contribution is 0.721. The SMILES string of the molecule is C[C@H]1C2=NCC1(Br)S2. The Bertz CT molecular complexity index is 164. The van der Waals surface area contributed by atoms with E-state index in [1.54, 1.807) is 0 Å². The molecular weight excluding hydrogens is 186 g/mol. The molecule has 3 heterocycles. The van der Waals surface area contributed by atoms with Gasteiger partial charge in [-0.1, -0.05) is 34.6 Å². The zero-order valence-electron chi connectivity index (χ0n) is 4.52. The van der Waals surface area contributed by atoms with Gasteiger partial charge in [0, 0.05) is 5.92 Å². The van der Waals surface area contributed by atoms with E-state index in [2.05, 4.69) is 27.8 Å². The summed E-state index contributed by atoms with van der Waals surface area (Å²) < 4.78 is 0.322. The van der Waals surface area contributed by atoms with E-state index in [0.717, 1.165) is 6.54 Å². The van der Waals surface area contributed by atoms with Crippen molar-refractivity contribution < 1.29 is 0 Å². The van der Waals surface area contributed by atoms with E-state index in [0.29, 0.717) is 9.57 Å². The van der Waals surface area contributed by atoms with E-state index >= 15 is 0 Å². The van der Waals surface area contributed by atoms with Gasteiger partial charge in [-0.25, -0.2) is 0 Å². The van der Waals surface area contributed by atoms with Crippen LogP contribution in [0.1, 0.15) is 6.92 Å². The number of hydrogen-bond acceptors (Lipinski definition) is 2. The van der Waals surface area contributed by atoms with Crippen LogP contribution in [-0.2, 0) is 0 Å². The summed E-state index contributed by atoms with van der Waals surface area (Å²) >= 11 is 5.49. The average Bonchev–Trinajstić information content (AvgIpc) is 2.21. The zero-order valence-corrected chi connectivity index (χ0v) is 6.92. The molecule has 2 bridgehead atoms. The van der Waals surface area contributed by atoms with Crippen LogP contribution in [0.15, 0.2) is 4.99 Å². The number of alkyl halides is 1. The highest BCUT2D eigenvalue weighted by Gasteiger charge is 2.52. The second-order valence-electron chi connectivity index (χ2n) is 2.26. The topological polar surface area (TPSA) is 12.4 Å². The van der Waals surface area contributed by atoms with Crippen LogP contribution in [0.25, 0.3) is 0 Å². The van der Waals surface area contributed by atoms with Crippen LogP contribution in [0, 0.1) is 5.92 Å². The fourth-order valence-corrected chi connectivity index (χ4v) is 3.08. The van der Waals surface area contributed by atoms with Gasteiger partial charge >= 0.3 is 0 Å². The molecule has 44 valence electrons. The summed E-state index contributed by atoms with van der Waals surface area (Å²) in [6.07, 6.45) is 0. The van der Waals surface area contributed by atoms with E-state index in [1.165, 1.54) is 5.04 Å². The molecule has 0 aromatic heterocycles. The Morgan fingerprint density at radius 2 is 2.75 bits per heavy atom. The minimum Gasteiger partial charge on any atom is -0.280 e. The van der Waals surface area contributed by atoms with Gasteiger partial charge in [-0.05, 0) is 0 Å².